The monoisotopic (exact) mass is 281 g/mol. The Morgan fingerprint density at radius 3 is 2.84 bits per heavy atom. The van der Waals surface area contributed by atoms with Gasteiger partial charge in [0.15, 0.2) is 0 Å². The first-order valence-corrected chi connectivity index (χ1v) is 6.51. The number of amides is 1. The summed E-state index contributed by atoms with van der Waals surface area (Å²) < 4.78 is 13.2. The average Bonchev–Trinajstić information content (AvgIpc) is 2.79. The topological polar surface area (TPSA) is 72.4 Å². The number of rotatable bonds is 4. The third kappa shape index (κ3) is 3.08. The van der Waals surface area contributed by atoms with Crippen molar-refractivity contribution < 1.29 is 9.18 Å². The van der Waals surface area contributed by atoms with E-state index in [1.54, 1.807) is 6.07 Å². The molecule has 1 aliphatic rings. The largest absolute Gasteiger partial charge is 0.389 e. The summed E-state index contributed by atoms with van der Waals surface area (Å²) in [6, 6.07) is 4.09. The number of nitrogens with zero attached hydrogens (tertiary/aromatic N) is 1. The number of primary amides is 1. The van der Waals surface area contributed by atoms with Gasteiger partial charge < -0.3 is 11.5 Å². The molecule has 0 saturated carbocycles. The van der Waals surface area contributed by atoms with E-state index >= 15 is 0 Å². The van der Waals surface area contributed by atoms with Gasteiger partial charge in [0.25, 0.3) is 0 Å². The first-order chi connectivity index (χ1) is 8.99. The van der Waals surface area contributed by atoms with Crippen molar-refractivity contribution in [3.05, 3.63) is 35.1 Å². The number of thiocarbonyl (C=S) groups is 1. The van der Waals surface area contributed by atoms with E-state index in [1.165, 1.54) is 12.1 Å². The predicted molar refractivity (Wildman–Crippen MR) is 74.9 cm³/mol. The van der Waals surface area contributed by atoms with Crippen LogP contribution in [-0.4, -0.2) is 28.4 Å². The number of nitrogens with two attached hydrogens (primary N) is 2. The number of hydrogen-bond acceptors (Lipinski definition) is 3. The quantitative estimate of drug-likeness (QED) is 0.805. The van der Waals surface area contributed by atoms with Crippen LogP contribution >= 0.6 is 12.2 Å². The molecule has 1 aromatic rings. The molecule has 6 heteroatoms. The maximum absolute atomic E-state index is 13.2. The standard InChI is InChI=1S/C13H16FN3OS/c14-9-4-3-8(10(6-9)13(16)19)7-17-5-1-2-11(17)12(15)18/h3-4,6,11H,1-2,5,7H2,(H2,15,18)(H2,16,19). The van der Waals surface area contributed by atoms with Crippen LogP contribution in [0.5, 0.6) is 0 Å². The Bertz CT molecular complexity index is 521. The molecule has 1 unspecified atom stereocenters. The lowest BCUT2D eigenvalue weighted by Gasteiger charge is -2.23. The van der Waals surface area contributed by atoms with Crippen molar-refractivity contribution >= 4 is 23.1 Å². The van der Waals surface area contributed by atoms with E-state index < -0.39 is 0 Å². The van der Waals surface area contributed by atoms with Crippen molar-refractivity contribution in [2.24, 2.45) is 11.5 Å². The molecule has 1 amide bonds. The summed E-state index contributed by atoms with van der Waals surface area (Å²) in [5, 5.41) is 0. The van der Waals surface area contributed by atoms with Crippen molar-refractivity contribution in [2.75, 3.05) is 6.54 Å². The molecule has 1 saturated heterocycles. The second-order valence-corrected chi connectivity index (χ2v) is 5.14. The van der Waals surface area contributed by atoms with Gasteiger partial charge in [-0.25, -0.2) is 4.39 Å². The van der Waals surface area contributed by atoms with Crippen LogP contribution in [0.15, 0.2) is 18.2 Å². The predicted octanol–water partition coefficient (Wildman–Crippen LogP) is 0.910. The molecule has 1 atom stereocenters. The molecular weight excluding hydrogens is 265 g/mol. The lowest BCUT2D eigenvalue weighted by Crippen LogP contribution is -2.40. The maximum Gasteiger partial charge on any atom is 0.234 e. The van der Waals surface area contributed by atoms with Crippen LogP contribution in [0.4, 0.5) is 4.39 Å². The molecule has 4 nitrogen and oxygen atoms in total. The lowest BCUT2D eigenvalue weighted by molar-refractivity contribution is -0.122. The Morgan fingerprint density at radius 1 is 1.47 bits per heavy atom. The van der Waals surface area contributed by atoms with E-state index in [1.807, 2.05) is 4.90 Å². The van der Waals surface area contributed by atoms with Gasteiger partial charge in [-0.15, -0.1) is 0 Å². The van der Waals surface area contributed by atoms with Crippen LogP contribution in [0.2, 0.25) is 0 Å². The van der Waals surface area contributed by atoms with Gasteiger partial charge in [-0.1, -0.05) is 18.3 Å². The SMILES string of the molecule is NC(=O)C1CCCN1Cc1ccc(F)cc1C(N)=S. The fourth-order valence-electron chi connectivity index (χ4n) is 2.47. The molecule has 0 aromatic heterocycles. The van der Waals surface area contributed by atoms with E-state index in [0.717, 1.165) is 24.9 Å². The fourth-order valence-corrected chi connectivity index (χ4v) is 2.66. The van der Waals surface area contributed by atoms with Gasteiger partial charge in [0.05, 0.1) is 6.04 Å². The van der Waals surface area contributed by atoms with E-state index in [2.05, 4.69) is 0 Å². The van der Waals surface area contributed by atoms with E-state index in [0.29, 0.717) is 12.1 Å². The van der Waals surface area contributed by atoms with Crippen LogP contribution in [0.3, 0.4) is 0 Å². The van der Waals surface area contributed by atoms with Gasteiger partial charge in [0, 0.05) is 12.1 Å². The summed E-state index contributed by atoms with van der Waals surface area (Å²) in [7, 11) is 0. The Hall–Kier alpha value is -1.53. The lowest BCUT2D eigenvalue weighted by atomic mass is 10.1. The second kappa shape index (κ2) is 5.63. The van der Waals surface area contributed by atoms with Gasteiger partial charge in [0.2, 0.25) is 5.91 Å². The number of likely N-dealkylation sites (tertiary alicyclic amines) is 1. The Kier molecular flexibility index (Phi) is 4.11. The van der Waals surface area contributed by atoms with Crippen LogP contribution in [0.25, 0.3) is 0 Å². The number of carbonyl (C=O) groups excluding carboxylic acids is 1. The van der Waals surface area contributed by atoms with Gasteiger partial charge >= 0.3 is 0 Å². The first kappa shape index (κ1) is 13.9. The highest BCUT2D eigenvalue weighted by Crippen LogP contribution is 2.22. The fraction of sp³-hybridized carbons (Fsp3) is 0.385. The third-order valence-corrected chi connectivity index (χ3v) is 3.62. The highest BCUT2D eigenvalue weighted by molar-refractivity contribution is 7.80. The smallest absolute Gasteiger partial charge is 0.234 e. The summed E-state index contributed by atoms with van der Waals surface area (Å²) in [4.78, 5) is 13.5. The zero-order chi connectivity index (χ0) is 14.0. The zero-order valence-corrected chi connectivity index (χ0v) is 11.3. The van der Waals surface area contributed by atoms with Gasteiger partial charge in [0.1, 0.15) is 10.8 Å². The van der Waals surface area contributed by atoms with Crippen molar-refractivity contribution in [3.8, 4) is 0 Å². The second-order valence-electron chi connectivity index (χ2n) is 4.70. The molecule has 1 aromatic carbocycles. The molecule has 2 rings (SSSR count). The van der Waals surface area contributed by atoms with Crippen molar-refractivity contribution in [1.82, 2.24) is 4.90 Å². The Balaban J connectivity index is 2.23. The minimum atomic E-state index is -0.376. The molecular formula is C13H16FN3OS. The molecule has 1 aliphatic heterocycles. The normalized spacial score (nSPS) is 19.5. The highest BCUT2D eigenvalue weighted by Gasteiger charge is 2.29. The van der Waals surface area contributed by atoms with Crippen molar-refractivity contribution in [1.29, 1.82) is 0 Å². The van der Waals surface area contributed by atoms with Crippen LogP contribution < -0.4 is 11.5 Å². The molecule has 0 aliphatic carbocycles. The molecule has 102 valence electrons. The van der Waals surface area contributed by atoms with E-state index in [4.69, 9.17) is 23.7 Å². The van der Waals surface area contributed by atoms with Crippen molar-refractivity contribution in [2.45, 2.75) is 25.4 Å². The van der Waals surface area contributed by atoms with Crippen LogP contribution in [0, 0.1) is 5.82 Å². The summed E-state index contributed by atoms with van der Waals surface area (Å²) in [6.07, 6.45) is 1.69. The molecule has 1 heterocycles. The average molecular weight is 281 g/mol. The maximum atomic E-state index is 13.2. The van der Waals surface area contributed by atoms with Crippen LogP contribution in [-0.2, 0) is 11.3 Å². The molecule has 0 spiro atoms. The third-order valence-electron chi connectivity index (χ3n) is 3.40. The number of hydrogen-bond donors (Lipinski definition) is 2. The minimum Gasteiger partial charge on any atom is -0.389 e. The summed E-state index contributed by atoms with van der Waals surface area (Å²) in [5.41, 5.74) is 12.3. The highest BCUT2D eigenvalue weighted by atomic mass is 32.1. The van der Waals surface area contributed by atoms with Crippen molar-refractivity contribution in [3.63, 3.8) is 0 Å². The molecule has 0 radical (unpaired) electrons. The van der Waals surface area contributed by atoms with Crippen LogP contribution in [0.1, 0.15) is 24.0 Å². The molecule has 1 fully saturated rings. The Morgan fingerprint density at radius 2 is 2.21 bits per heavy atom. The minimum absolute atomic E-state index is 0.157. The summed E-state index contributed by atoms with van der Waals surface area (Å²) >= 11 is 4.93. The summed E-state index contributed by atoms with van der Waals surface area (Å²) in [5.74, 6) is -0.698. The summed E-state index contributed by atoms with van der Waals surface area (Å²) in [6.45, 7) is 1.29. The molecule has 19 heavy (non-hydrogen) atoms. The number of benzene rings is 1. The molecule has 4 N–H and O–H groups in total. The van der Waals surface area contributed by atoms with Gasteiger partial charge in [-0.3, -0.25) is 9.69 Å². The number of carbonyl (C=O) groups is 1. The van der Waals surface area contributed by atoms with E-state index in [9.17, 15) is 9.18 Å². The van der Waals surface area contributed by atoms with Gasteiger partial charge in [-0.05, 0) is 37.1 Å². The molecule has 0 bridgehead atoms. The number of halogens is 1. The zero-order valence-electron chi connectivity index (χ0n) is 10.4. The van der Waals surface area contributed by atoms with E-state index in [-0.39, 0.29) is 22.8 Å². The van der Waals surface area contributed by atoms with Gasteiger partial charge in [-0.2, -0.15) is 0 Å². The first-order valence-electron chi connectivity index (χ1n) is 6.10. The Labute approximate surface area is 116 Å².